The van der Waals surface area contributed by atoms with Crippen LogP contribution in [0.5, 0.6) is 0 Å². The molecule has 1 nitrogen and oxygen atoms in total. The molecule has 0 heterocycles. The molecule has 1 heteroatoms. The summed E-state index contributed by atoms with van der Waals surface area (Å²) >= 11 is 0. The van der Waals surface area contributed by atoms with Crippen LogP contribution in [0.2, 0.25) is 0 Å². The summed E-state index contributed by atoms with van der Waals surface area (Å²) in [5.41, 5.74) is 2.81. The van der Waals surface area contributed by atoms with E-state index in [-0.39, 0.29) is 5.92 Å². The molecule has 0 spiro atoms. The topological polar surface area (TPSA) is 23.8 Å². The molecule has 27 heavy (non-hydrogen) atoms. The van der Waals surface area contributed by atoms with Gasteiger partial charge < -0.3 is 0 Å². The first kappa shape index (κ1) is 22.0. The molecule has 1 aromatic carbocycles. The first-order chi connectivity index (χ1) is 13.3. The van der Waals surface area contributed by atoms with Crippen molar-refractivity contribution in [2.24, 2.45) is 17.8 Å². The third-order valence-electron chi connectivity index (χ3n) is 6.64. The molecule has 150 valence electrons. The average Bonchev–Trinajstić information content (AvgIpc) is 2.72. The number of hydrogen-bond donors (Lipinski definition) is 0. The standard InChI is InChI=1S/C26H41N/c1-3-5-7-8-9-11-23-12-14-24(15-13-23)20-26(21-27)25-18-16-22(17-19-25)10-6-4-2/h12-15,22,25-26H,3-11,16-20H2,1-2H3/t22-,25-,26?. The molecular formula is C26H41N. The van der Waals surface area contributed by atoms with Crippen LogP contribution in [-0.4, -0.2) is 0 Å². The SMILES string of the molecule is CCCCCCCc1ccc(CC(C#N)[C@H]2CC[C@H](CCCC)CC2)cc1. The Morgan fingerprint density at radius 1 is 0.852 bits per heavy atom. The zero-order chi connectivity index (χ0) is 19.3. The van der Waals surface area contributed by atoms with Crippen LogP contribution < -0.4 is 0 Å². The van der Waals surface area contributed by atoms with Crippen molar-refractivity contribution in [2.75, 3.05) is 0 Å². The summed E-state index contributed by atoms with van der Waals surface area (Å²) in [4.78, 5) is 0. The molecule has 1 aliphatic rings. The van der Waals surface area contributed by atoms with Crippen LogP contribution in [0.15, 0.2) is 24.3 Å². The highest BCUT2D eigenvalue weighted by Gasteiger charge is 2.27. The second kappa shape index (κ2) is 13.0. The van der Waals surface area contributed by atoms with E-state index in [2.05, 4.69) is 44.2 Å². The van der Waals surface area contributed by atoms with Gasteiger partial charge in [0, 0.05) is 0 Å². The second-order valence-corrected chi connectivity index (χ2v) is 8.84. The van der Waals surface area contributed by atoms with Crippen LogP contribution >= 0.6 is 0 Å². The van der Waals surface area contributed by atoms with Crippen molar-refractivity contribution in [2.45, 2.75) is 104 Å². The van der Waals surface area contributed by atoms with E-state index in [0.717, 1.165) is 12.3 Å². The lowest BCUT2D eigenvalue weighted by molar-refractivity contribution is 0.221. The smallest absolute Gasteiger partial charge is 0.0662 e. The van der Waals surface area contributed by atoms with E-state index in [9.17, 15) is 5.26 Å². The van der Waals surface area contributed by atoms with Gasteiger partial charge >= 0.3 is 0 Å². The number of aryl methyl sites for hydroxylation is 1. The fraction of sp³-hybridized carbons (Fsp3) is 0.731. The number of rotatable bonds is 12. The van der Waals surface area contributed by atoms with Crippen molar-refractivity contribution in [3.8, 4) is 6.07 Å². The highest BCUT2D eigenvalue weighted by molar-refractivity contribution is 5.24. The Hall–Kier alpha value is -1.29. The van der Waals surface area contributed by atoms with Gasteiger partial charge in [-0.05, 0) is 55.1 Å². The Morgan fingerprint density at radius 2 is 1.48 bits per heavy atom. The first-order valence-corrected chi connectivity index (χ1v) is 11.7. The average molecular weight is 368 g/mol. The highest BCUT2D eigenvalue weighted by Crippen LogP contribution is 2.36. The summed E-state index contributed by atoms with van der Waals surface area (Å²) in [7, 11) is 0. The first-order valence-electron chi connectivity index (χ1n) is 11.7. The van der Waals surface area contributed by atoms with E-state index in [1.54, 1.807) is 0 Å². The fourth-order valence-corrected chi connectivity index (χ4v) is 4.72. The molecule has 1 fully saturated rings. The zero-order valence-electron chi connectivity index (χ0n) is 17.9. The molecule has 0 bridgehead atoms. The molecule has 0 aliphatic heterocycles. The predicted molar refractivity (Wildman–Crippen MR) is 117 cm³/mol. The van der Waals surface area contributed by atoms with Crippen LogP contribution in [0.1, 0.15) is 102 Å². The van der Waals surface area contributed by atoms with Gasteiger partial charge in [0.25, 0.3) is 0 Å². The second-order valence-electron chi connectivity index (χ2n) is 8.84. The maximum absolute atomic E-state index is 9.74. The van der Waals surface area contributed by atoms with Crippen LogP contribution in [0.25, 0.3) is 0 Å². The van der Waals surface area contributed by atoms with E-state index in [4.69, 9.17) is 0 Å². The summed E-state index contributed by atoms with van der Waals surface area (Å²) < 4.78 is 0. The van der Waals surface area contributed by atoms with E-state index in [1.165, 1.54) is 94.6 Å². The Balaban J connectivity index is 1.75. The molecule has 1 aromatic rings. The molecule has 1 unspecified atom stereocenters. The minimum absolute atomic E-state index is 0.206. The number of hydrogen-bond acceptors (Lipinski definition) is 1. The van der Waals surface area contributed by atoms with Crippen molar-refractivity contribution >= 4 is 0 Å². The van der Waals surface area contributed by atoms with Gasteiger partial charge in [0.05, 0.1) is 12.0 Å². The molecule has 0 N–H and O–H groups in total. The van der Waals surface area contributed by atoms with Gasteiger partial charge in [-0.25, -0.2) is 0 Å². The Bertz CT molecular complexity index is 530. The van der Waals surface area contributed by atoms with Gasteiger partial charge in [0.1, 0.15) is 0 Å². The lowest BCUT2D eigenvalue weighted by atomic mass is 9.73. The number of nitrogens with zero attached hydrogens (tertiary/aromatic N) is 1. The lowest BCUT2D eigenvalue weighted by Gasteiger charge is -2.31. The quantitative estimate of drug-likeness (QED) is 0.345. The van der Waals surface area contributed by atoms with Gasteiger partial charge in [-0.1, -0.05) is 95.9 Å². The fourth-order valence-electron chi connectivity index (χ4n) is 4.72. The number of benzene rings is 1. The van der Waals surface area contributed by atoms with Crippen LogP contribution in [-0.2, 0) is 12.8 Å². The molecule has 1 aliphatic carbocycles. The van der Waals surface area contributed by atoms with Crippen LogP contribution in [0.4, 0.5) is 0 Å². The van der Waals surface area contributed by atoms with E-state index >= 15 is 0 Å². The maximum Gasteiger partial charge on any atom is 0.0662 e. The lowest BCUT2D eigenvalue weighted by Crippen LogP contribution is -2.22. The Morgan fingerprint density at radius 3 is 2.11 bits per heavy atom. The number of nitriles is 1. The van der Waals surface area contributed by atoms with E-state index < -0.39 is 0 Å². The molecule has 0 aromatic heterocycles. The molecule has 2 rings (SSSR count). The minimum Gasteiger partial charge on any atom is -0.198 e. The Kier molecular flexibility index (Phi) is 10.6. The van der Waals surface area contributed by atoms with Gasteiger partial charge in [-0.15, -0.1) is 0 Å². The summed E-state index contributed by atoms with van der Waals surface area (Å²) in [6.07, 6.45) is 18.2. The summed E-state index contributed by atoms with van der Waals surface area (Å²) in [5, 5.41) is 9.74. The molecule has 0 saturated heterocycles. The largest absolute Gasteiger partial charge is 0.198 e. The van der Waals surface area contributed by atoms with Gasteiger partial charge in [-0.3, -0.25) is 0 Å². The third kappa shape index (κ3) is 8.08. The van der Waals surface area contributed by atoms with E-state index in [1.807, 2.05) is 0 Å². The summed E-state index contributed by atoms with van der Waals surface area (Å²) in [6, 6.07) is 11.8. The maximum atomic E-state index is 9.74. The van der Waals surface area contributed by atoms with Crippen molar-refractivity contribution in [3.63, 3.8) is 0 Å². The zero-order valence-corrected chi connectivity index (χ0v) is 17.9. The van der Waals surface area contributed by atoms with Gasteiger partial charge in [0.2, 0.25) is 0 Å². The minimum atomic E-state index is 0.206. The predicted octanol–water partition coefficient (Wildman–Crippen LogP) is 7.88. The van der Waals surface area contributed by atoms with Crippen molar-refractivity contribution in [1.82, 2.24) is 0 Å². The normalized spacial score (nSPS) is 20.9. The Labute approximate surface area is 168 Å². The van der Waals surface area contributed by atoms with Gasteiger partial charge in [-0.2, -0.15) is 5.26 Å². The summed E-state index contributed by atoms with van der Waals surface area (Å²) in [6.45, 7) is 4.56. The summed E-state index contributed by atoms with van der Waals surface area (Å²) in [5.74, 6) is 1.75. The van der Waals surface area contributed by atoms with Crippen LogP contribution in [0, 0.1) is 29.1 Å². The van der Waals surface area contributed by atoms with Crippen LogP contribution in [0.3, 0.4) is 0 Å². The van der Waals surface area contributed by atoms with Crippen molar-refractivity contribution < 1.29 is 0 Å². The number of unbranched alkanes of at least 4 members (excludes halogenated alkanes) is 5. The molecule has 0 amide bonds. The molecular weight excluding hydrogens is 326 g/mol. The molecule has 0 radical (unpaired) electrons. The van der Waals surface area contributed by atoms with Gasteiger partial charge in [0.15, 0.2) is 0 Å². The molecule has 1 atom stereocenters. The van der Waals surface area contributed by atoms with Crippen molar-refractivity contribution in [1.29, 1.82) is 5.26 Å². The molecule has 1 saturated carbocycles. The van der Waals surface area contributed by atoms with Crippen molar-refractivity contribution in [3.05, 3.63) is 35.4 Å². The monoisotopic (exact) mass is 367 g/mol. The third-order valence-corrected chi connectivity index (χ3v) is 6.64. The van der Waals surface area contributed by atoms with E-state index in [0.29, 0.717) is 5.92 Å². The highest BCUT2D eigenvalue weighted by atomic mass is 14.4.